The zero-order valence-corrected chi connectivity index (χ0v) is 10.7. The molecular formula is C11H10Cl2N4O. The summed E-state index contributed by atoms with van der Waals surface area (Å²) in [5.41, 5.74) is 6.61. The summed E-state index contributed by atoms with van der Waals surface area (Å²) in [5, 5.41) is 7.44. The molecule has 18 heavy (non-hydrogen) atoms. The first-order valence-corrected chi connectivity index (χ1v) is 5.83. The van der Waals surface area contributed by atoms with Gasteiger partial charge in [0, 0.05) is 11.9 Å². The van der Waals surface area contributed by atoms with Crippen molar-refractivity contribution < 1.29 is 4.79 Å². The van der Waals surface area contributed by atoms with Crippen LogP contribution in [0, 0.1) is 0 Å². The summed E-state index contributed by atoms with van der Waals surface area (Å²) in [7, 11) is 0. The molecule has 1 aromatic heterocycles. The maximum Gasteiger partial charge on any atom is 0.246 e. The van der Waals surface area contributed by atoms with E-state index in [9.17, 15) is 4.79 Å². The number of nitrogens with zero attached hydrogens (tertiary/aromatic N) is 2. The number of hydrogen-bond donors (Lipinski definition) is 2. The molecular weight excluding hydrogens is 275 g/mol. The number of carbonyl (C=O) groups excluding carboxylic acids is 1. The van der Waals surface area contributed by atoms with E-state index in [1.54, 1.807) is 24.4 Å². The lowest BCUT2D eigenvalue weighted by molar-refractivity contribution is -0.116. The smallest absolute Gasteiger partial charge is 0.246 e. The second-order valence-electron chi connectivity index (χ2n) is 3.64. The molecule has 3 N–H and O–H groups in total. The first-order chi connectivity index (χ1) is 8.54. The van der Waals surface area contributed by atoms with Crippen molar-refractivity contribution in [3.63, 3.8) is 0 Å². The number of nitrogens with two attached hydrogens (primary N) is 1. The largest absolute Gasteiger partial charge is 0.399 e. The summed E-state index contributed by atoms with van der Waals surface area (Å²) in [6, 6.07) is 4.87. The zero-order valence-electron chi connectivity index (χ0n) is 9.23. The molecule has 2 rings (SSSR count). The Morgan fingerprint density at radius 3 is 2.83 bits per heavy atom. The molecule has 1 aromatic carbocycles. The molecule has 0 unspecified atom stereocenters. The molecule has 0 saturated heterocycles. The van der Waals surface area contributed by atoms with Crippen LogP contribution in [0.15, 0.2) is 30.6 Å². The van der Waals surface area contributed by atoms with Crippen molar-refractivity contribution in [2.75, 3.05) is 11.1 Å². The Labute approximate surface area is 113 Å². The summed E-state index contributed by atoms with van der Waals surface area (Å²) in [4.78, 5) is 11.7. The molecule has 0 aliphatic carbocycles. The standard InChI is InChI=1S/C11H10Cl2N4O/c12-7-4-15-17(5-7)6-11(18)16-10-2-1-8(14)3-9(10)13/h1-5H,6,14H2,(H,16,18). The van der Waals surface area contributed by atoms with Crippen molar-refractivity contribution in [3.05, 3.63) is 40.6 Å². The van der Waals surface area contributed by atoms with Gasteiger partial charge < -0.3 is 11.1 Å². The average molecular weight is 285 g/mol. The molecule has 0 aliphatic heterocycles. The third-order valence-electron chi connectivity index (χ3n) is 2.17. The minimum atomic E-state index is -0.249. The summed E-state index contributed by atoms with van der Waals surface area (Å²) in [5.74, 6) is -0.249. The van der Waals surface area contributed by atoms with Gasteiger partial charge in [0.2, 0.25) is 5.91 Å². The minimum absolute atomic E-state index is 0.0629. The number of amides is 1. The SMILES string of the molecule is Nc1ccc(NC(=O)Cn2cc(Cl)cn2)c(Cl)c1. The monoisotopic (exact) mass is 284 g/mol. The van der Waals surface area contributed by atoms with Gasteiger partial charge in [0.15, 0.2) is 0 Å². The van der Waals surface area contributed by atoms with Crippen LogP contribution in [-0.4, -0.2) is 15.7 Å². The van der Waals surface area contributed by atoms with Crippen molar-refractivity contribution in [1.29, 1.82) is 0 Å². The quantitative estimate of drug-likeness (QED) is 0.850. The molecule has 0 saturated carbocycles. The normalized spacial score (nSPS) is 10.3. The molecule has 0 aliphatic rings. The summed E-state index contributed by atoms with van der Waals surface area (Å²) in [6.45, 7) is 0.0629. The van der Waals surface area contributed by atoms with Gasteiger partial charge in [-0.05, 0) is 18.2 Å². The van der Waals surface area contributed by atoms with E-state index in [1.807, 2.05) is 0 Å². The Kier molecular flexibility index (Phi) is 3.74. The number of nitrogen functional groups attached to an aromatic ring is 1. The van der Waals surface area contributed by atoms with E-state index in [4.69, 9.17) is 28.9 Å². The van der Waals surface area contributed by atoms with Crippen molar-refractivity contribution in [1.82, 2.24) is 9.78 Å². The van der Waals surface area contributed by atoms with Crippen LogP contribution in [0.3, 0.4) is 0 Å². The van der Waals surface area contributed by atoms with E-state index < -0.39 is 0 Å². The van der Waals surface area contributed by atoms with E-state index in [2.05, 4.69) is 10.4 Å². The zero-order chi connectivity index (χ0) is 13.1. The highest BCUT2D eigenvalue weighted by molar-refractivity contribution is 6.34. The number of aromatic nitrogens is 2. The Balaban J connectivity index is 2.03. The summed E-state index contributed by atoms with van der Waals surface area (Å²) in [6.07, 6.45) is 3.02. The average Bonchev–Trinajstić information content (AvgIpc) is 2.68. The first-order valence-electron chi connectivity index (χ1n) is 5.07. The van der Waals surface area contributed by atoms with E-state index in [-0.39, 0.29) is 12.5 Å². The number of anilines is 2. The molecule has 2 aromatic rings. The summed E-state index contributed by atoms with van der Waals surface area (Å²) >= 11 is 11.6. The fourth-order valence-corrected chi connectivity index (χ4v) is 1.79. The predicted octanol–water partition coefficient (Wildman–Crippen LogP) is 2.41. The van der Waals surface area contributed by atoms with Crippen LogP contribution < -0.4 is 11.1 Å². The molecule has 0 atom stereocenters. The number of hydrogen-bond acceptors (Lipinski definition) is 3. The third kappa shape index (κ3) is 3.15. The van der Waals surface area contributed by atoms with Gasteiger partial charge in [-0.15, -0.1) is 0 Å². The van der Waals surface area contributed by atoms with Crippen LogP contribution in [0.5, 0.6) is 0 Å². The number of halogens is 2. The minimum Gasteiger partial charge on any atom is -0.399 e. The van der Waals surface area contributed by atoms with Gasteiger partial charge in [-0.3, -0.25) is 9.48 Å². The summed E-state index contributed by atoms with van der Waals surface area (Å²) < 4.78 is 1.43. The van der Waals surface area contributed by atoms with E-state index in [0.717, 1.165) is 0 Å². The number of carbonyl (C=O) groups is 1. The van der Waals surface area contributed by atoms with Crippen LogP contribution in [0.1, 0.15) is 0 Å². The first kappa shape index (κ1) is 12.7. The molecule has 1 amide bonds. The molecule has 1 heterocycles. The maximum absolute atomic E-state index is 11.7. The number of rotatable bonds is 3. The highest BCUT2D eigenvalue weighted by atomic mass is 35.5. The number of nitrogens with one attached hydrogen (secondary N) is 1. The number of benzene rings is 1. The van der Waals surface area contributed by atoms with Gasteiger partial charge in [-0.1, -0.05) is 23.2 Å². The Morgan fingerprint density at radius 2 is 2.22 bits per heavy atom. The van der Waals surface area contributed by atoms with Gasteiger partial charge in [0.1, 0.15) is 6.54 Å². The highest BCUT2D eigenvalue weighted by Crippen LogP contribution is 2.23. The second kappa shape index (κ2) is 5.29. The van der Waals surface area contributed by atoms with Crippen LogP contribution >= 0.6 is 23.2 Å². The van der Waals surface area contributed by atoms with Gasteiger partial charge in [0.05, 0.1) is 21.9 Å². The molecule has 0 radical (unpaired) electrons. The highest BCUT2D eigenvalue weighted by Gasteiger charge is 2.07. The lowest BCUT2D eigenvalue weighted by Crippen LogP contribution is -2.19. The molecule has 0 bridgehead atoms. The molecule has 0 spiro atoms. The van der Waals surface area contributed by atoms with E-state index >= 15 is 0 Å². The van der Waals surface area contributed by atoms with Crippen molar-refractivity contribution in [2.45, 2.75) is 6.54 Å². The van der Waals surface area contributed by atoms with E-state index in [0.29, 0.717) is 21.4 Å². The lowest BCUT2D eigenvalue weighted by atomic mass is 10.3. The lowest BCUT2D eigenvalue weighted by Gasteiger charge is -2.07. The Hall–Kier alpha value is -1.72. The van der Waals surface area contributed by atoms with Crippen LogP contribution in [-0.2, 0) is 11.3 Å². The molecule has 94 valence electrons. The topological polar surface area (TPSA) is 72.9 Å². The maximum atomic E-state index is 11.7. The van der Waals surface area contributed by atoms with Crippen LogP contribution in [0.4, 0.5) is 11.4 Å². The van der Waals surface area contributed by atoms with Gasteiger partial charge in [-0.2, -0.15) is 5.10 Å². The second-order valence-corrected chi connectivity index (χ2v) is 4.49. The van der Waals surface area contributed by atoms with Gasteiger partial charge >= 0.3 is 0 Å². The predicted molar refractivity (Wildman–Crippen MR) is 71.7 cm³/mol. The van der Waals surface area contributed by atoms with Crippen LogP contribution in [0.2, 0.25) is 10.0 Å². The fraction of sp³-hybridized carbons (Fsp3) is 0.0909. The van der Waals surface area contributed by atoms with E-state index in [1.165, 1.54) is 10.9 Å². The van der Waals surface area contributed by atoms with Crippen molar-refractivity contribution in [2.24, 2.45) is 0 Å². The van der Waals surface area contributed by atoms with Crippen molar-refractivity contribution >= 4 is 40.5 Å². The van der Waals surface area contributed by atoms with Gasteiger partial charge in [-0.25, -0.2) is 0 Å². The van der Waals surface area contributed by atoms with Crippen molar-refractivity contribution in [3.8, 4) is 0 Å². The Morgan fingerprint density at radius 1 is 1.44 bits per heavy atom. The third-order valence-corrected chi connectivity index (χ3v) is 2.68. The molecule has 7 heteroatoms. The molecule has 0 fully saturated rings. The Bertz CT molecular complexity index is 582. The van der Waals surface area contributed by atoms with Gasteiger partial charge in [0.25, 0.3) is 0 Å². The van der Waals surface area contributed by atoms with Crippen LogP contribution in [0.25, 0.3) is 0 Å². The molecule has 5 nitrogen and oxygen atoms in total. The fourth-order valence-electron chi connectivity index (χ4n) is 1.39.